The molecule has 1 aromatic heterocycles. The Bertz CT molecular complexity index is 915. The molecule has 3 aromatic rings. The molecule has 0 bridgehead atoms. The molecule has 3 rings (SSSR count). The molecule has 0 amide bonds. The minimum atomic E-state index is -0.354. The second-order valence-corrected chi connectivity index (χ2v) is 5.06. The molecule has 0 saturated heterocycles. The molecule has 0 aliphatic rings. The van der Waals surface area contributed by atoms with Crippen molar-refractivity contribution in [3.05, 3.63) is 63.7 Å². The third kappa shape index (κ3) is 2.16. The molecule has 1 heterocycles. The Morgan fingerprint density at radius 2 is 1.90 bits per heavy atom. The van der Waals surface area contributed by atoms with Crippen LogP contribution in [0.1, 0.15) is 11.1 Å². The lowest BCUT2D eigenvalue weighted by Gasteiger charge is -2.13. The number of hydrogen-bond acceptors (Lipinski definition) is 3. The Morgan fingerprint density at radius 3 is 2.62 bits per heavy atom. The van der Waals surface area contributed by atoms with Gasteiger partial charge in [-0.05, 0) is 49.7 Å². The minimum absolute atomic E-state index is 0.0889. The highest BCUT2D eigenvalue weighted by molar-refractivity contribution is 5.80. The fraction of sp³-hybridized carbons (Fsp3) is 0.125. The summed E-state index contributed by atoms with van der Waals surface area (Å²) in [7, 11) is 0. The highest BCUT2D eigenvalue weighted by atomic mass is 19.1. The molecule has 0 fully saturated rings. The topological polar surface area (TPSA) is 60.9 Å². The van der Waals surface area contributed by atoms with E-state index in [1.54, 1.807) is 19.1 Å². The summed E-state index contributed by atoms with van der Waals surface area (Å²) in [5.41, 5.74) is 8.35. The largest absolute Gasteiger partial charge is 0.369 e. The van der Waals surface area contributed by atoms with Crippen molar-refractivity contribution < 1.29 is 4.39 Å². The second-order valence-electron chi connectivity index (χ2n) is 5.06. The monoisotopic (exact) mass is 283 g/mol. The van der Waals surface area contributed by atoms with Crippen LogP contribution in [0, 0.1) is 19.7 Å². The van der Waals surface area contributed by atoms with Gasteiger partial charge in [0.25, 0.3) is 5.56 Å². The molecule has 0 radical (unpaired) electrons. The quantitative estimate of drug-likeness (QED) is 0.747. The van der Waals surface area contributed by atoms with Crippen LogP contribution < -0.4 is 11.3 Å². The number of benzene rings is 2. The lowest BCUT2D eigenvalue weighted by atomic mass is 10.1. The number of fused-ring (bicyclic) bond motifs is 1. The molecule has 106 valence electrons. The molecule has 2 N–H and O–H groups in total. The summed E-state index contributed by atoms with van der Waals surface area (Å²) in [6.07, 6.45) is 0. The van der Waals surface area contributed by atoms with Crippen molar-refractivity contribution in [1.29, 1.82) is 0 Å². The number of halogens is 1. The molecule has 0 aliphatic carbocycles. The maximum Gasteiger partial charge on any atom is 0.267 e. The highest BCUT2D eigenvalue weighted by Crippen LogP contribution is 2.18. The van der Waals surface area contributed by atoms with Crippen molar-refractivity contribution in [2.45, 2.75) is 13.8 Å². The Balaban J connectivity index is 2.40. The van der Waals surface area contributed by atoms with E-state index < -0.39 is 0 Å². The second kappa shape index (κ2) is 4.70. The average Bonchev–Trinajstić information content (AvgIpc) is 2.42. The van der Waals surface area contributed by atoms with Crippen LogP contribution in [0.15, 0.2) is 41.2 Å². The van der Waals surface area contributed by atoms with Crippen molar-refractivity contribution in [2.75, 3.05) is 5.73 Å². The first-order valence-electron chi connectivity index (χ1n) is 6.53. The Kier molecular flexibility index (Phi) is 2.97. The number of nitrogens with two attached hydrogens (primary N) is 1. The number of hydrogen-bond donors (Lipinski definition) is 1. The molecule has 2 aromatic carbocycles. The Hall–Kier alpha value is -2.69. The van der Waals surface area contributed by atoms with Crippen LogP contribution in [-0.2, 0) is 0 Å². The van der Waals surface area contributed by atoms with Gasteiger partial charge in [-0.2, -0.15) is 0 Å². The van der Waals surface area contributed by atoms with Gasteiger partial charge in [0.1, 0.15) is 5.82 Å². The first-order chi connectivity index (χ1) is 9.97. The van der Waals surface area contributed by atoms with E-state index in [2.05, 4.69) is 4.98 Å². The van der Waals surface area contributed by atoms with E-state index in [9.17, 15) is 9.18 Å². The summed E-state index contributed by atoms with van der Waals surface area (Å²) in [4.78, 5) is 17.0. The molecule has 4 nitrogen and oxygen atoms in total. The number of rotatable bonds is 1. The van der Waals surface area contributed by atoms with E-state index in [-0.39, 0.29) is 17.3 Å². The highest BCUT2D eigenvalue weighted by Gasteiger charge is 2.12. The Labute approximate surface area is 120 Å². The van der Waals surface area contributed by atoms with Gasteiger partial charge in [0, 0.05) is 0 Å². The van der Waals surface area contributed by atoms with Crippen LogP contribution in [0.25, 0.3) is 16.6 Å². The summed E-state index contributed by atoms with van der Waals surface area (Å²) in [6, 6.07) is 9.62. The van der Waals surface area contributed by atoms with Gasteiger partial charge in [0.2, 0.25) is 5.95 Å². The van der Waals surface area contributed by atoms with Crippen LogP contribution in [0.5, 0.6) is 0 Å². The van der Waals surface area contributed by atoms with E-state index in [4.69, 9.17) is 5.73 Å². The molecule has 0 aliphatic heterocycles. The van der Waals surface area contributed by atoms with E-state index in [1.165, 1.54) is 22.8 Å². The van der Waals surface area contributed by atoms with E-state index >= 15 is 0 Å². The third-order valence-electron chi connectivity index (χ3n) is 3.45. The minimum Gasteiger partial charge on any atom is -0.369 e. The summed E-state index contributed by atoms with van der Waals surface area (Å²) in [6.45, 7) is 3.63. The zero-order valence-electron chi connectivity index (χ0n) is 11.7. The van der Waals surface area contributed by atoms with Crippen LogP contribution >= 0.6 is 0 Å². The van der Waals surface area contributed by atoms with Gasteiger partial charge in [-0.3, -0.25) is 4.79 Å². The summed E-state index contributed by atoms with van der Waals surface area (Å²) in [5.74, 6) is -0.265. The molecule has 0 spiro atoms. The molecule has 0 unspecified atom stereocenters. The van der Waals surface area contributed by atoms with Crippen molar-refractivity contribution in [2.24, 2.45) is 0 Å². The van der Waals surface area contributed by atoms with Crippen LogP contribution in [0.2, 0.25) is 0 Å². The maximum absolute atomic E-state index is 13.2. The smallest absolute Gasteiger partial charge is 0.267 e. The number of nitrogen functional groups attached to an aromatic ring is 1. The standard InChI is InChI=1S/C16H14FN3O/c1-9-3-5-13-12(7-9)15(21)20(16(18)19-13)14-6-4-11(17)8-10(14)2/h3-8H,1-2H3,(H2,18,19). The van der Waals surface area contributed by atoms with E-state index in [0.29, 0.717) is 22.2 Å². The number of aryl methyl sites for hydroxylation is 2. The summed E-state index contributed by atoms with van der Waals surface area (Å²) < 4.78 is 14.6. The third-order valence-corrected chi connectivity index (χ3v) is 3.45. The fourth-order valence-electron chi connectivity index (χ4n) is 2.42. The van der Waals surface area contributed by atoms with E-state index in [0.717, 1.165) is 5.56 Å². The fourth-order valence-corrected chi connectivity index (χ4v) is 2.42. The SMILES string of the molecule is Cc1ccc2nc(N)n(-c3ccc(F)cc3C)c(=O)c2c1. The predicted octanol–water partition coefficient (Wildman–Crippen LogP) is 2.72. The lowest BCUT2D eigenvalue weighted by molar-refractivity contribution is 0.626. The average molecular weight is 283 g/mol. The number of aromatic nitrogens is 2. The van der Waals surface area contributed by atoms with E-state index in [1.807, 2.05) is 13.0 Å². The van der Waals surface area contributed by atoms with Gasteiger partial charge >= 0.3 is 0 Å². The van der Waals surface area contributed by atoms with Gasteiger partial charge in [-0.15, -0.1) is 0 Å². The van der Waals surface area contributed by atoms with Gasteiger partial charge in [0.15, 0.2) is 0 Å². The number of nitrogens with zero attached hydrogens (tertiary/aromatic N) is 2. The van der Waals surface area contributed by atoms with Crippen molar-refractivity contribution >= 4 is 16.9 Å². The maximum atomic E-state index is 13.2. The van der Waals surface area contributed by atoms with Crippen LogP contribution in [0.3, 0.4) is 0 Å². The molecule has 0 saturated carbocycles. The van der Waals surface area contributed by atoms with Crippen molar-refractivity contribution in [1.82, 2.24) is 9.55 Å². The molecular weight excluding hydrogens is 269 g/mol. The zero-order chi connectivity index (χ0) is 15.1. The summed E-state index contributed by atoms with van der Waals surface area (Å²) >= 11 is 0. The summed E-state index contributed by atoms with van der Waals surface area (Å²) in [5, 5.41) is 0.493. The first-order valence-corrected chi connectivity index (χ1v) is 6.53. The van der Waals surface area contributed by atoms with Crippen LogP contribution in [-0.4, -0.2) is 9.55 Å². The molecule has 0 atom stereocenters. The zero-order valence-corrected chi connectivity index (χ0v) is 11.7. The van der Waals surface area contributed by atoms with Gasteiger partial charge in [-0.25, -0.2) is 13.9 Å². The van der Waals surface area contributed by atoms with Gasteiger partial charge < -0.3 is 5.73 Å². The van der Waals surface area contributed by atoms with Crippen molar-refractivity contribution in [3.8, 4) is 5.69 Å². The predicted molar refractivity (Wildman–Crippen MR) is 81.2 cm³/mol. The van der Waals surface area contributed by atoms with Crippen LogP contribution in [0.4, 0.5) is 10.3 Å². The van der Waals surface area contributed by atoms with Gasteiger partial charge in [-0.1, -0.05) is 11.6 Å². The molecule has 21 heavy (non-hydrogen) atoms. The normalized spacial score (nSPS) is 11.0. The molecular formula is C16H14FN3O. The van der Waals surface area contributed by atoms with Crippen molar-refractivity contribution in [3.63, 3.8) is 0 Å². The first kappa shape index (κ1) is 13.3. The Morgan fingerprint density at radius 1 is 1.14 bits per heavy atom. The van der Waals surface area contributed by atoms with Gasteiger partial charge in [0.05, 0.1) is 16.6 Å². The lowest BCUT2D eigenvalue weighted by Crippen LogP contribution is -2.23. The number of anilines is 1. The molecule has 5 heteroatoms.